The molecule has 6 heteroatoms. The van der Waals surface area contributed by atoms with Crippen LogP contribution in [-0.2, 0) is 11.2 Å². The van der Waals surface area contributed by atoms with Crippen molar-refractivity contribution in [2.75, 3.05) is 5.32 Å². The van der Waals surface area contributed by atoms with Gasteiger partial charge in [0.25, 0.3) is 5.91 Å². The molecular formula is C21H22ClN3O2. The normalized spacial score (nSPS) is 11.5. The lowest BCUT2D eigenvalue weighted by Crippen LogP contribution is -2.44. The van der Waals surface area contributed by atoms with Crippen molar-refractivity contribution in [1.82, 2.24) is 5.32 Å². The number of hydrogen-bond donors (Lipinski definition) is 2. The van der Waals surface area contributed by atoms with Crippen molar-refractivity contribution in [3.8, 4) is 6.07 Å². The van der Waals surface area contributed by atoms with Crippen LogP contribution in [0.1, 0.15) is 36.2 Å². The average molecular weight is 384 g/mol. The minimum Gasteiger partial charge on any atom is -0.340 e. The third-order valence-corrected chi connectivity index (χ3v) is 4.19. The van der Waals surface area contributed by atoms with Gasteiger partial charge in [0.1, 0.15) is 6.04 Å². The molecule has 0 fully saturated rings. The maximum absolute atomic E-state index is 12.7. The van der Waals surface area contributed by atoms with Crippen LogP contribution in [0.2, 0.25) is 5.02 Å². The van der Waals surface area contributed by atoms with E-state index in [0.717, 1.165) is 5.56 Å². The summed E-state index contributed by atoms with van der Waals surface area (Å²) in [5.74, 6) is -0.375. The van der Waals surface area contributed by atoms with Crippen LogP contribution in [0.15, 0.2) is 48.5 Å². The molecule has 0 heterocycles. The fraction of sp³-hybridized carbons (Fsp3) is 0.286. The lowest BCUT2D eigenvalue weighted by Gasteiger charge is -2.20. The molecular weight excluding hydrogens is 362 g/mol. The number of hydrogen-bond acceptors (Lipinski definition) is 3. The van der Waals surface area contributed by atoms with Crippen molar-refractivity contribution in [2.24, 2.45) is 5.92 Å². The van der Waals surface area contributed by atoms with Gasteiger partial charge in [-0.1, -0.05) is 37.6 Å². The largest absolute Gasteiger partial charge is 0.340 e. The van der Waals surface area contributed by atoms with Gasteiger partial charge in [0.15, 0.2) is 0 Å². The zero-order valence-corrected chi connectivity index (χ0v) is 16.1. The summed E-state index contributed by atoms with van der Waals surface area (Å²) in [5, 5.41) is 14.9. The average Bonchev–Trinajstić information content (AvgIpc) is 2.63. The number of carbonyl (C=O) groups excluding carboxylic acids is 2. The van der Waals surface area contributed by atoms with Crippen molar-refractivity contribution in [3.05, 3.63) is 64.7 Å². The summed E-state index contributed by atoms with van der Waals surface area (Å²) in [5.41, 5.74) is 1.95. The quantitative estimate of drug-likeness (QED) is 0.752. The molecule has 2 aromatic carbocycles. The molecule has 0 saturated carbocycles. The Labute approximate surface area is 164 Å². The van der Waals surface area contributed by atoms with Gasteiger partial charge in [-0.2, -0.15) is 5.26 Å². The van der Waals surface area contributed by atoms with Crippen molar-refractivity contribution >= 4 is 29.1 Å². The van der Waals surface area contributed by atoms with Crippen LogP contribution in [0.3, 0.4) is 0 Å². The van der Waals surface area contributed by atoms with Gasteiger partial charge >= 0.3 is 0 Å². The summed E-state index contributed by atoms with van der Waals surface area (Å²) in [4.78, 5) is 25.1. The van der Waals surface area contributed by atoms with Crippen LogP contribution >= 0.6 is 11.6 Å². The van der Waals surface area contributed by atoms with Crippen LogP contribution in [-0.4, -0.2) is 17.9 Å². The molecule has 0 bridgehead atoms. The van der Waals surface area contributed by atoms with Crippen LogP contribution in [0, 0.1) is 17.2 Å². The fourth-order valence-electron chi connectivity index (χ4n) is 2.57. The first-order chi connectivity index (χ1) is 12.9. The van der Waals surface area contributed by atoms with Crippen molar-refractivity contribution in [2.45, 2.75) is 32.7 Å². The molecule has 5 nitrogen and oxygen atoms in total. The molecule has 2 aromatic rings. The van der Waals surface area contributed by atoms with E-state index in [9.17, 15) is 9.59 Å². The van der Waals surface area contributed by atoms with E-state index in [0.29, 0.717) is 29.1 Å². The number of carbonyl (C=O) groups is 2. The predicted molar refractivity (Wildman–Crippen MR) is 107 cm³/mol. The monoisotopic (exact) mass is 383 g/mol. The second-order valence-electron chi connectivity index (χ2n) is 6.68. The summed E-state index contributed by atoms with van der Waals surface area (Å²) >= 11 is 5.85. The molecule has 0 spiro atoms. The van der Waals surface area contributed by atoms with Gasteiger partial charge in [0.05, 0.1) is 12.5 Å². The maximum Gasteiger partial charge on any atom is 0.251 e. The SMILES string of the molecule is CC(C)C[C@@H](NC(=O)c1ccc(Cl)cc1)C(=O)Nc1ccc(CC#N)cc1. The highest BCUT2D eigenvalue weighted by molar-refractivity contribution is 6.30. The van der Waals surface area contributed by atoms with E-state index >= 15 is 0 Å². The number of halogens is 1. The van der Waals surface area contributed by atoms with E-state index in [4.69, 9.17) is 16.9 Å². The third kappa shape index (κ3) is 6.43. The van der Waals surface area contributed by atoms with Crippen molar-refractivity contribution in [1.29, 1.82) is 5.26 Å². The Morgan fingerprint density at radius 1 is 1.07 bits per heavy atom. The van der Waals surface area contributed by atoms with Gasteiger partial charge in [0, 0.05) is 16.3 Å². The van der Waals surface area contributed by atoms with E-state index in [1.165, 1.54) is 0 Å². The number of amides is 2. The highest BCUT2D eigenvalue weighted by Crippen LogP contribution is 2.14. The second kappa shape index (κ2) is 9.75. The first-order valence-corrected chi connectivity index (χ1v) is 9.10. The van der Waals surface area contributed by atoms with Gasteiger partial charge < -0.3 is 10.6 Å². The van der Waals surface area contributed by atoms with E-state index in [2.05, 4.69) is 16.7 Å². The standard InChI is InChI=1S/C21H22ClN3O2/c1-14(2)13-19(25-20(26)16-5-7-17(22)8-6-16)21(27)24-18-9-3-15(4-10-18)11-12-23/h3-10,14,19H,11,13H2,1-2H3,(H,24,27)(H,25,26)/t19-/m1/s1. The van der Waals surface area contributed by atoms with E-state index in [1.807, 2.05) is 13.8 Å². The molecule has 0 aliphatic rings. The Kier molecular flexibility index (Phi) is 7.39. The molecule has 140 valence electrons. The first-order valence-electron chi connectivity index (χ1n) is 8.72. The molecule has 0 radical (unpaired) electrons. The summed E-state index contributed by atoms with van der Waals surface area (Å²) in [6.45, 7) is 3.98. The lowest BCUT2D eigenvalue weighted by molar-refractivity contribution is -0.118. The lowest BCUT2D eigenvalue weighted by atomic mass is 10.0. The molecule has 0 saturated heterocycles. The first kappa shape index (κ1) is 20.5. The van der Waals surface area contributed by atoms with Gasteiger partial charge in [0.2, 0.25) is 5.91 Å². The molecule has 2 rings (SSSR count). The Bertz CT molecular complexity index is 824. The van der Waals surface area contributed by atoms with Crippen LogP contribution in [0.5, 0.6) is 0 Å². The molecule has 0 aliphatic carbocycles. The smallest absolute Gasteiger partial charge is 0.251 e. The summed E-state index contributed by atoms with van der Waals surface area (Å²) in [7, 11) is 0. The Balaban J connectivity index is 2.07. The Morgan fingerprint density at radius 3 is 2.26 bits per heavy atom. The Morgan fingerprint density at radius 2 is 1.70 bits per heavy atom. The van der Waals surface area contributed by atoms with E-state index < -0.39 is 6.04 Å². The number of nitrogens with zero attached hydrogens (tertiary/aromatic N) is 1. The number of rotatable bonds is 7. The van der Waals surface area contributed by atoms with Crippen LogP contribution in [0.25, 0.3) is 0 Å². The van der Waals surface area contributed by atoms with Gasteiger partial charge in [-0.15, -0.1) is 0 Å². The molecule has 0 aliphatic heterocycles. The van der Waals surface area contributed by atoms with E-state index in [-0.39, 0.29) is 17.7 Å². The van der Waals surface area contributed by atoms with Gasteiger partial charge in [-0.25, -0.2) is 0 Å². The van der Waals surface area contributed by atoms with Gasteiger partial charge in [-0.3, -0.25) is 9.59 Å². The molecule has 1 atom stereocenters. The zero-order valence-electron chi connectivity index (χ0n) is 15.3. The van der Waals surface area contributed by atoms with E-state index in [1.54, 1.807) is 48.5 Å². The summed E-state index contributed by atoms with van der Waals surface area (Å²) in [6, 6.07) is 15.0. The second-order valence-corrected chi connectivity index (χ2v) is 7.12. The van der Waals surface area contributed by atoms with Gasteiger partial charge in [-0.05, 0) is 54.3 Å². The topological polar surface area (TPSA) is 82.0 Å². The predicted octanol–water partition coefficient (Wildman–Crippen LogP) is 4.19. The maximum atomic E-state index is 12.7. The highest BCUT2D eigenvalue weighted by Gasteiger charge is 2.22. The van der Waals surface area contributed by atoms with Crippen molar-refractivity contribution < 1.29 is 9.59 Å². The summed E-state index contributed by atoms with van der Waals surface area (Å²) < 4.78 is 0. The molecule has 0 unspecified atom stereocenters. The molecule has 0 aromatic heterocycles. The third-order valence-electron chi connectivity index (χ3n) is 3.94. The molecule has 2 amide bonds. The van der Waals surface area contributed by atoms with Crippen LogP contribution < -0.4 is 10.6 Å². The minimum absolute atomic E-state index is 0.226. The number of nitrogens with one attached hydrogen (secondary N) is 2. The fourth-order valence-corrected chi connectivity index (χ4v) is 2.70. The molecule has 27 heavy (non-hydrogen) atoms. The highest BCUT2D eigenvalue weighted by atomic mass is 35.5. The Hall–Kier alpha value is -2.84. The summed E-state index contributed by atoms with van der Waals surface area (Å²) in [6.07, 6.45) is 0.832. The van der Waals surface area contributed by atoms with Crippen molar-refractivity contribution in [3.63, 3.8) is 0 Å². The number of anilines is 1. The number of nitriles is 1. The number of benzene rings is 2. The molecule has 2 N–H and O–H groups in total. The van der Waals surface area contributed by atoms with Crippen LogP contribution in [0.4, 0.5) is 5.69 Å². The zero-order chi connectivity index (χ0) is 19.8. The minimum atomic E-state index is -0.660.